The molecule has 7 heteroatoms. The van der Waals surface area contributed by atoms with Gasteiger partial charge < -0.3 is 19.9 Å². The number of nitrogens with zero attached hydrogens (tertiary/aromatic N) is 2. The third-order valence-corrected chi connectivity index (χ3v) is 2.39. The van der Waals surface area contributed by atoms with Gasteiger partial charge in [-0.2, -0.15) is 0 Å². The number of hydrogen-bond acceptors (Lipinski definition) is 4. The first-order valence-electron chi connectivity index (χ1n) is 5.46. The molecule has 0 aliphatic heterocycles. The van der Waals surface area contributed by atoms with E-state index in [-0.39, 0.29) is 29.6 Å². The molecule has 2 N–H and O–H groups in total. The molecule has 0 aromatic carbocycles. The van der Waals surface area contributed by atoms with Crippen molar-refractivity contribution in [2.75, 3.05) is 20.7 Å². The predicted molar refractivity (Wildman–Crippen MR) is 81.2 cm³/mol. The quantitative estimate of drug-likeness (QED) is 0.467. The van der Waals surface area contributed by atoms with E-state index in [2.05, 4.69) is 20.8 Å². The van der Waals surface area contributed by atoms with Crippen LogP contribution in [0.15, 0.2) is 21.8 Å². The summed E-state index contributed by atoms with van der Waals surface area (Å²) < 4.78 is 10.1. The van der Waals surface area contributed by atoms with Crippen molar-refractivity contribution in [2.45, 2.75) is 26.0 Å². The number of aromatic nitrogens is 1. The number of methoxy groups -OCH3 is 1. The van der Waals surface area contributed by atoms with E-state index in [1.807, 2.05) is 13.8 Å². The zero-order chi connectivity index (χ0) is 12.7. The van der Waals surface area contributed by atoms with Crippen LogP contribution in [-0.2, 0) is 11.3 Å². The Balaban J connectivity index is 0.00000289. The summed E-state index contributed by atoms with van der Waals surface area (Å²) in [5.41, 5.74) is 0.602. The van der Waals surface area contributed by atoms with Crippen molar-refractivity contribution in [2.24, 2.45) is 4.99 Å². The summed E-state index contributed by atoms with van der Waals surface area (Å²) in [5.74, 6) is 0.707. The molecule has 104 valence electrons. The second kappa shape index (κ2) is 8.30. The maximum Gasteiger partial charge on any atom is 0.191 e. The first kappa shape index (κ1) is 17.2. The van der Waals surface area contributed by atoms with Gasteiger partial charge in [0.2, 0.25) is 0 Å². The second-order valence-electron chi connectivity index (χ2n) is 4.23. The molecule has 0 saturated carbocycles. The Hall–Kier alpha value is -0.830. The fourth-order valence-electron chi connectivity index (χ4n) is 1.09. The van der Waals surface area contributed by atoms with Gasteiger partial charge in [-0.15, -0.1) is 24.0 Å². The summed E-state index contributed by atoms with van der Waals surface area (Å²) in [4.78, 5) is 4.11. The Morgan fingerprint density at radius 1 is 1.50 bits per heavy atom. The molecule has 1 rings (SSSR count). The molecule has 18 heavy (non-hydrogen) atoms. The lowest BCUT2D eigenvalue weighted by atomic mass is 10.1. The van der Waals surface area contributed by atoms with E-state index in [1.165, 1.54) is 0 Å². The molecule has 0 aliphatic carbocycles. The molecule has 0 unspecified atom stereocenters. The maximum atomic E-state index is 5.31. The van der Waals surface area contributed by atoms with Crippen LogP contribution in [-0.4, -0.2) is 37.4 Å². The molecule has 0 aliphatic rings. The zero-order valence-corrected chi connectivity index (χ0v) is 13.5. The third kappa shape index (κ3) is 6.20. The number of ether oxygens (including phenoxy) is 1. The van der Waals surface area contributed by atoms with Crippen LogP contribution in [0.25, 0.3) is 0 Å². The fraction of sp³-hybridized carbons (Fsp3) is 0.636. The summed E-state index contributed by atoms with van der Waals surface area (Å²) in [7, 11) is 3.41. The van der Waals surface area contributed by atoms with Gasteiger partial charge in [0, 0.05) is 26.8 Å². The highest BCUT2D eigenvalue weighted by molar-refractivity contribution is 14.0. The lowest BCUT2D eigenvalue weighted by molar-refractivity contribution is 0.0268. The van der Waals surface area contributed by atoms with Gasteiger partial charge >= 0.3 is 0 Å². The second-order valence-corrected chi connectivity index (χ2v) is 4.23. The van der Waals surface area contributed by atoms with Gasteiger partial charge in [-0.05, 0) is 13.8 Å². The largest absolute Gasteiger partial charge is 0.377 e. The maximum absolute atomic E-state index is 5.31. The minimum absolute atomic E-state index is 0. The van der Waals surface area contributed by atoms with Crippen LogP contribution < -0.4 is 10.6 Å². The number of guanidine groups is 1. The molecule has 1 heterocycles. The van der Waals surface area contributed by atoms with Crippen molar-refractivity contribution in [3.8, 4) is 0 Å². The molecule has 1 aromatic heterocycles. The van der Waals surface area contributed by atoms with Gasteiger partial charge in [0.15, 0.2) is 5.96 Å². The smallest absolute Gasteiger partial charge is 0.191 e. The number of halogens is 1. The van der Waals surface area contributed by atoms with Crippen LogP contribution in [0.4, 0.5) is 0 Å². The minimum atomic E-state index is -0.231. The zero-order valence-electron chi connectivity index (χ0n) is 11.2. The third-order valence-electron chi connectivity index (χ3n) is 2.39. The summed E-state index contributed by atoms with van der Waals surface area (Å²) in [6.45, 7) is 5.25. The van der Waals surface area contributed by atoms with Crippen LogP contribution in [0.1, 0.15) is 19.5 Å². The lowest BCUT2D eigenvalue weighted by Crippen LogP contribution is -2.45. The van der Waals surface area contributed by atoms with Gasteiger partial charge in [-0.1, -0.05) is 5.16 Å². The Morgan fingerprint density at radius 2 is 2.22 bits per heavy atom. The molecule has 0 fully saturated rings. The van der Waals surface area contributed by atoms with Gasteiger partial charge in [0.25, 0.3) is 0 Å². The summed E-state index contributed by atoms with van der Waals surface area (Å²) >= 11 is 0. The van der Waals surface area contributed by atoms with E-state index in [9.17, 15) is 0 Å². The average Bonchev–Trinajstić information content (AvgIpc) is 2.82. The normalized spacial score (nSPS) is 11.9. The SMILES string of the molecule is CN=C(NCc1ccon1)NCC(C)(C)OC.I. The first-order chi connectivity index (χ1) is 8.07. The Labute approximate surface area is 125 Å². The van der Waals surface area contributed by atoms with Crippen molar-refractivity contribution in [3.05, 3.63) is 18.0 Å². The van der Waals surface area contributed by atoms with Crippen LogP contribution in [0.5, 0.6) is 0 Å². The molecule has 0 saturated heterocycles. The number of rotatable bonds is 5. The Bertz CT molecular complexity index is 352. The van der Waals surface area contributed by atoms with Gasteiger partial charge in [-0.25, -0.2) is 0 Å². The fourth-order valence-corrected chi connectivity index (χ4v) is 1.09. The molecule has 0 bridgehead atoms. The van der Waals surface area contributed by atoms with E-state index < -0.39 is 0 Å². The van der Waals surface area contributed by atoms with E-state index in [4.69, 9.17) is 9.26 Å². The predicted octanol–water partition coefficient (Wildman–Crippen LogP) is 1.38. The van der Waals surface area contributed by atoms with Crippen LogP contribution in [0.2, 0.25) is 0 Å². The van der Waals surface area contributed by atoms with Crippen molar-refractivity contribution < 1.29 is 9.26 Å². The topological polar surface area (TPSA) is 71.7 Å². The molecule has 0 amide bonds. The van der Waals surface area contributed by atoms with E-state index in [0.29, 0.717) is 19.0 Å². The van der Waals surface area contributed by atoms with Crippen LogP contribution in [0.3, 0.4) is 0 Å². The van der Waals surface area contributed by atoms with Crippen molar-refractivity contribution in [1.29, 1.82) is 0 Å². The average molecular weight is 368 g/mol. The van der Waals surface area contributed by atoms with Crippen molar-refractivity contribution in [1.82, 2.24) is 15.8 Å². The van der Waals surface area contributed by atoms with Gasteiger partial charge in [0.05, 0.1) is 12.1 Å². The highest BCUT2D eigenvalue weighted by atomic mass is 127. The van der Waals surface area contributed by atoms with Gasteiger partial charge in [0.1, 0.15) is 12.0 Å². The summed E-state index contributed by atoms with van der Waals surface area (Å²) in [6, 6.07) is 1.80. The highest BCUT2D eigenvalue weighted by Gasteiger charge is 2.16. The first-order valence-corrected chi connectivity index (χ1v) is 5.46. The molecule has 6 nitrogen and oxygen atoms in total. The van der Waals surface area contributed by atoms with E-state index in [0.717, 1.165) is 5.69 Å². The van der Waals surface area contributed by atoms with Crippen LogP contribution >= 0.6 is 24.0 Å². The monoisotopic (exact) mass is 368 g/mol. The molecule has 0 spiro atoms. The summed E-state index contributed by atoms with van der Waals surface area (Å²) in [6.07, 6.45) is 1.54. The Kier molecular flexibility index (Phi) is 7.92. The Morgan fingerprint density at radius 3 is 2.72 bits per heavy atom. The van der Waals surface area contributed by atoms with Gasteiger partial charge in [-0.3, -0.25) is 4.99 Å². The number of aliphatic imine (C=N–C) groups is 1. The standard InChI is InChI=1S/C11H20N4O2.HI/c1-11(2,16-4)8-14-10(12-3)13-7-9-5-6-17-15-9;/h5-6H,7-8H2,1-4H3,(H2,12,13,14);1H. The van der Waals surface area contributed by atoms with Crippen LogP contribution in [0, 0.1) is 0 Å². The molecular weight excluding hydrogens is 347 g/mol. The lowest BCUT2D eigenvalue weighted by Gasteiger charge is -2.24. The molecule has 0 atom stereocenters. The molecule has 1 aromatic rings. The van der Waals surface area contributed by atoms with E-state index in [1.54, 1.807) is 26.5 Å². The highest BCUT2D eigenvalue weighted by Crippen LogP contribution is 2.04. The number of hydrogen-bond donors (Lipinski definition) is 2. The minimum Gasteiger partial charge on any atom is -0.377 e. The van der Waals surface area contributed by atoms with E-state index >= 15 is 0 Å². The summed E-state index contributed by atoms with van der Waals surface area (Å²) in [5, 5.41) is 10.1. The van der Waals surface area contributed by atoms with Crippen molar-refractivity contribution in [3.63, 3.8) is 0 Å². The van der Waals surface area contributed by atoms with Crippen molar-refractivity contribution >= 4 is 29.9 Å². The molecule has 0 radical (unpaired) electrons. The number of nitrogens with one attached hydrogen (secondary N) is 2. The molecular formula is C11H21IN4O2.